The van der Waals surface area contributed by atoms with Crippen LogP contribution in [0.4, 0.5) is 5.69 Å². The van der Waals surface area contributed by atoms with Crippen LogP contribution in [0.15, 0.2) is 18.2 Å². The lowest BCUT2D eigenvalue weighted by Crippen LogP contribution is -2.28. The van der Waals surface area contributed by atoms with Crippen LogP contribution in [-0.4, -0.2) is 26.7 Å². The van der Waals surface area contributed by atoms with Crippen LogP contribution < -0.4 is 15.4 Å². The Hall–Kier alpha value is -0.930. The van der Waals surface area contributed by atoms with Gasteiger partial charge in [0.25, 0.3) is 0 Å². The maximum atomic E-state index is 6.15. The van der Waals surface area contributed by atoms with Gasteiger partial charge in [-0.05, 0) is 37.6 Å². The summed E-state index contributed by atoms with van der Waals surface area (Å²) in [5.74, 6) is 1.20. The third kappa shape index (κ3) is 4.10. The molecule has 1 rings (SSSR count). The number of hydrogen-bond donors (Lipinski definition) is 1. The van der Waals surface area contributed by atoms with E-state index in [0.29, 0.717) is 24.1 Å². The number of hydrogen-bond acceptors (Lipinski definition) is 3. The summed E-state index contributed by atoms with van der Waals surface area (Å²) in [6.45, 7) is 6.31. The molecule has 0 aromatic heterocycles. The summed E-state index contributed by atoms with van der Waals surface area (Å²) in [5, 5.41) is 0.650. The standard InChI is InChI=1S/C13H21ClN2O/c1-4-17-13-6-5-11(7-12(13)14)16(3)9-10(2)8-15/h5-7,10H,4,8-9,15H2,1-3H3. The SMILES string of the molecule is CCOc1ccc(N(C)CC(C)CN)cc1Cl. The van der Waals surface area contributed by atoms with Gasteiger partial charge in [-0.2, -0.15) is 0 Å². The van der Waals surface area contributed by atoms with Crippen molar-refractivity contribution in [3.63, 3.8) is 0 Å². The van der Waals surface area contributed by atoms with Gasteiger partial charge in [0.1, 0.15) is 5.75 Å². The van der Waals surface area contributed by atoms with E-state index in [9.17, 15) is 0 Å². The Kier molecular flexibility index (Phi) is 5.59. The van der Waals surface area contributed by atoms with Gasteiger partial charge in [0, 0.05) is 19.3 Å². The lowest BCUT2D eigenvalue weighted by atomic mass is 10.1. The zero-order valence-electron chi connectivity index (χ0n) is 10.7. The summed E-state index contributed by atoms with van der Waals surface area (Å²) in [6.07, 6.45) is 0. The van der Waals surface area contributed by atoms with Gasteiger partial charge in [-0.15, -0.1) is 0 Å². The minimum Gasteiger partial charge on any atom is -0.492 e. The first kappa shape index (κ1) is 14.1. The number of nitrogens with zero attached hydrogens (tertiary/aromatic N) is 1. The van der Waals surface area contributed by atoms with Crippen LogP contribution in [0.5, 0.6) is 5.75 Å². The minimum atomic E-state index is 0.463. The monoisotopic (exact) mass is 256 g/mol. The molecule has 0 saturated carbocycles. The molecule has 0 radical (unpaired) electrons. The Morgan fingerprint density at radius 2 is 2.18 bits per heavy atom. The Labute approximate surface area is 109 Å². The highest BCUT2D eigenvalue weighted by molar-refractivity contribution is 6.32. The predicted molar refractivity (Wildman–Crippen MR) is 74.1 cm³/mol. The number of anilines is 1. The maximum Gasteiger partial charge on any atom is 0.138 e. The number of rotatable bonds is 6. The number of ether oxygens (including phenoxy) is 1. The third-order valence-corrected chi connectivity index (χ3v) is 2.94. The van der Waals surface area contributed by atoms with Crippen molar-refractivity contribution in [2.45, 2.75) is 13.8 Å². The third-order valence-electron chi connectivity index (χ3n) is 2.64. The van der Waals surface area contributed by atoms with Crippen molar-refractivity contribution in [2.75, 3.05) is 31.6 Å². The van der Waals surface area contributed by atoms with Gasteiger partial charge in [-0.1, -0.05) is 18.5 Å². The molecule has 0 amide bonds. The summed E-state index contributed by atoms with van der Waals surface area (Å²) in [6, 6.07) is 5.85. The molecule has 1 unspecified atom stereocenters. The van der Waals surface area contributed by atoms with Gasteiger partial charge in [-0.3, -0.25) is 0 Å². The molecular weight excluding hydrogens is 236 g/mol. The van der Waals surface area contributed by atoms with Gasteiger partial charge in [-0.25, -0.2) is 0 Å². The van der Waals surface area contributed by atoms with Gasteiger partial charge < -0.3 is 15.4 Å². The van der Waals surface area contributed by atoms with Crippen molar-refractivity contribution in [3.8, 4) is 5.75 Å². The normalized spacial score (nSPS) is 12.3. The van der Waals surface area contributed by atoms with Gasteiger partial charge >= 0.3 is 0 Å². The molecule has 0 bridgehead atoms. The topological polar surface area (TPSA) is 38.5 Å². The van der Waals surface area contributed by atoms with E-state index in [1.165, 1.54) is 0 Å². The maximum absolute atomic E-state index is 6.15. The fourth-order valence-electron chi connectivity index (χ4n) is 1.65. The molecule has 96 valence electrons. The fraction of sp³-hybridized carbons (Fsp3) is 0.538. The average molecular weight is 257 g/mol. The lowest BCUT2D eigenvalue weighted by molar-refractivity contribution is 0.340. The van der Waals surface area contributed by atoms with Crippen LogP contribution >= 0.6 is 11.6 Å². The first-order chi connectivity index (χ1) is 8.08. The molecule has 0 spiro atoms. The number of halogens is 1. The second-order valence-corrected chi connectivity index (χ2v) is 4.68. The molecule has 2 N–H and O–H groups in total. The summed E-state index contributed by atoms with van der Waals surface area (Å²) in [5.41, 5.74) is 6.70. The Balaban J connectivity index is 2.75. The molecule has 3 nitrogen and oxygen atoms in total. The molecule has 0 aliphatic carbocycles. The molecule has 0 aliphatic rings. The molecule has 0 aliphatic heterocycles. The van der Waals surface area contributed by atoms with Crippen LogP contribution in [0.3, 0.4) is 0 Å². The van der Waals surface area contributed by atoms with Gasteiger partial charge in [0.05, 0.1) is 11.6 Å². The minimum absolute atomic E-state index is 0.463. The highest BCUT2D eigenvalue weighted by Crippen LogP contribution is 2.29. The molecule has 0 heterocycles. The first-order valence-corrected chi connectivity index (χ1v) is 6.29. The average Bonchev–Trinajstić information content (AvgIpc) is 2.31. The van der Waals surface area contributed by atoms with E-state index < -0.39 is 0 Å². The van der Waals surface area contributed by atoms with E-state index in [2.05, 4.69) is 11.8 Å². The quantitative estimate of drug-likeness (QED) is 0.851. The molecule has 4 heteroatoms. The van der Waals surface area contributed by atoms with Crippen LogP contribution in [0, 0.1) is 5.92 Å². The van der Waals surface area contributed by atoms with Crippen LogP contribution in [0.2, 0.25) is 5.02 Å². The first-order valence-electron chi connectivity index (χ1n) is 5.92. The van der Waals surface area contributed by atoms with E-state index in [-0.39, 0.29) is 0 Å². The van der Waals surface area contributed by atoms with Crippen molar-refractivity contribution in [3.05, 3.63) is 23.2 Å². The van der Waals surface area contributed by atoms with E-state index >= 15 is 0 Å². The molecule has 0 fully saturated rings. The highest BCUT2D eigenvalue weighted by Gasteiger charge is 2.08. The second kappa shape index (κ2) is 6.72. The zero-order chi connectivity index (χ0) is 12.8. The van der Waals surface area contributed by atoms with E-state index in [1.54, 1.807) is 0 Å². The van der Waals surface area contributed by atoms with Crippen molar-refractivity contribution in [1.82, 2.24) is 0 Å². The summed E-state index contributed by atoms with van der Waals surface area (Å²) in [4.78, 5) is 2.15. The largest absolute Gasteiger partial charge is 0.492 e. The van der Waals surface area contributed by atoms with Crippen LogP contribution in [0.1, 0.15) is 13.8 Å². The summed E-state index contributed by atoms with van der Waals surface area (Å²) in [7, 11) is 2.04. The Morgan fingerprint density at radius 1 is 1.47 bits per heavy atom. The fourth-order valence-corrected chi connectivity index (χ4v) is 1.88. The van der Waals surface area contributed by atoms with Crippen LogP contribution in [-0.2, 0) is 0 Å². The summed E-state index contributed by atoms with van der Waals surface area (Å²) >= 11 is 6.15. The lowest BCUT2D eigenvalue weighted by Gasteiger charge is -2.23. The Morgan fingerprint density at radius 3 is 2.71 bits per heavy atom. The van der Waals surface area contributed by atoms with E-state index in [1.807, 2.05) is 32.2 Å². The molecule has 1 atom stereocenters. The molecule has 1 aromatic rings. The van der Waals surface area contributed by atoms with Crippen molar-refractivity contribution in [2.24, 2.45) is 11.7 Å². The molecule has 1 aromatic carbocycles. The van der Waals surface area contributed by atoms with Crippen molar-refractivity contribution >= 4 is 17.3 Å². The highest BCUT2D eigenvalue weighted by atomic mass is 35.5. The molecule has 0 saturated heterocycles. The van der Waals surface area contributed by atoms with Crippen LogP contribution in [0.25, 0.3) is 0 Å². The van der Waals surface area contributed by atoms with E-state index in [0.717, 1.165) is 18.0 Å². The zero-order valence-corrected chi connectivity index (χ0v) is 11.5. The van der Waals surface area contributed by atoms with Gasteiger partial charge in [0.2, 0.25) is 0 Å². The summed E-state index contributed by atoms with van der Waals surface area (Å²) < 4.78 is 5.40. The number of nitrogens with two attached hydrogens (primary N) is 1. The number of benzene rings is 1. The van der Waals surface area contributed by atoms with Gasteiger partial charge in [0.15, 0.2) is 0 Å². The van der Waals surface area contributed by atoms with Crippen molar-refractivity contribution < 1.29 is 4.74 Å². The Bertz CT molecular complexity index is 357. The predicted octanol–water partition coefficient (Wildman–Crippen LogP) is 2.77. The van der Waals surface area contributed by atoms with E-state index in [4.69, 9.17) is 22.1 Å². The molecule has 17 heavy (non-hydrogen) atoms. The second-order valence-electron chi connectivity index (χ2n) is 4.27. The smallest absolute Gasteiger partial charge is 0.138 e. The molecular formula is C13H21ClN2O. The van der Waals surface area contributed by atoms with Crippen molar-refractivity contribution in [1.29, 1.82) is 0 Å².